The molecule has 0 spiro atoms. The predicted molar refractivity (Wildman–Crippen MR) is 76.8 cm³/mol. The number of aliphatic hydroxyl groups excluding tert-OH is 1. The first-order valence-corrected chi connectivity index (χ1v) is 7.23. The lowest BCUT2D eigenvalue weighted by Crippen LogP contribution is -2.27. The van der Waals surface area contributed by atoms with Crippen molar-refractivity contribution in [1.82, 2.24) is 5.32 Å². The summed E-state index contributed by atoms with van der Waals surface area (Å²) in [4.78, 5) is 0. The fourth-order valence-corrected chi connectivity index (χ4v) is 2.69. The minimum absolute atomic E-state index is 0.0513. The van der Waals surface area contributed by atoms with Crippen LogP contribution in [0.3, 0.4) is 0 Å². The molecule has 1 aromatic carbocycles. The van der Waals surface area contributed by atoms with E-state index in [0.717, 1.165) is 44.7 Å². The lowest BCUT2D eigenvalue weighted by Gasteiger charge is -2.25. The van der Waals surface area contributed by atoms with Gasteiger partial charge in [-0.25, -0.2) is 0 Å². The number of rotatable bonds is 6. The van der Waals surface area contributed by atoms with Crippen molar-refractivity contribution >= 4 is 0 Å². The number of ether oxygens (including phenoxy) is 1. The smallest absolute Gasteiger partial charge is 0.0713 e. The Balaban J connectivity index is 1.67. The van der Waals surface area contributed by atoms with Gasteiger partial charge in [0.1, 0.15) is 0 Å². The zero-order chi connectivity index (χ0) is 13.5. The highest BCUT2D eigenvalue weighted by atomic mass is 16.5. The van der Waals surface area contributed by atoms with Gasteiger partial charge < -0.3 is 15.2 Å². The Morgan fingerprint density at radius 2 is 1.74 bits per heavy atom. The highest BCUT2D eigenvalue weighted by Gasteiger charge is 2.18. The first-order valence-electron chi connectivity index (χ1n) is 7.23. The molecule has 0 atom stereocenters. The lowest BCUT2D eigenvalue weighted by atomic mass is 9.87. The summed E-state index contributed by atoms with van der Waals surface area (Å²) < 4.78 is 5.10. The van der Waals surface area contributed by atoms with Gasteiger partial charge in [-0.05, 0) is 49.3 Å². The standard InChI is InChI=1S/C16H25NO2/c1-19-12-15-4-2-13(3-5-15)10-17-11-14-6-8-16(18)9-7-14/h2-5,14,16-18H,6-12H2,1H3. The minimum atomic E-state index is -0.0513. The van der Waals surface area contributed by atoms with Gasteiger partial charge in [0.25, 0.3) is 0 Å². The molecule has 0 amide bonds. The normalized spacial score (nSPS) is 23.5. The molecule has 19 heavy (non-hydrogen) atoms. The highest BCUT2D eigenvalue weighted by Crippen LogP contribution is 2.23. The van der Waals surface area contributed by atoms with Crippen LogP contribution in [0.4, 0.5) is 0 Å². The van der Waals surface area contributed by atoms with Gasteiger partial charge in [-0.1, -0.05) is 24.3 Å². The van der Waals surface area contributed by atoms with Gasteiger partial charge in [0.2, 0.25) is 0 Å². The number of hydrogen-bond acceptors (Lipinski definition) is 3. The van der Waals surface area contributed by atoms with Gasteiger partial charge in [0.05, 0.1) is 12.7 Å². The number of hydrogen-bond donors (Lipinski definition) is 2. The zero-order valence-electron chi connectivity index (χ0n) is 11.8. The number of aliphatic hydroxyl groups is 1. The van der Waals surface area contributed by atoms with Crippen LogP contribution in [-0.4, -0.2) is 24.9 Å². The molecule has 0 saturated heterocycles. The van der Waals surface area contributed by atoms with Crippen molar-refractivity contribution in [2.75, 3.05) is 13.7 Å². The van der Waals surface area contributed by atoms with Crippen LogP contribution in [0, 0.1) is 5.92 Å². The van der Waals surface area contributed by atoms with Gasteiger partial charge in [-0.2, -0.15) is 0 Å². The van der Waals surface area contributed by atoms with Crippen LogP contribution in [0.5, 0.6) is 0 Å². The molecule has 106 valence electrons. The summed E-state index contributed by atoms with van der Waals surface area (Å²) in [5.41, 5.74) is 2.53. The zero-order valence-corrected chi connectivity index (χ0v) is 11.8. The van der Waals surface area contributed by atoms with Crippen LogP contribution in [0.1, 0.15) is 36.8 Å². The van der Waals surface area contributed by atoms with Gasteiger partial charge in [-0.3, -0.25) is 0 Å². The Morgan fingerprint density at radius 1 is 1.11 bits per heavy atom. The fourth-order valence-electron chi connectivity index (χ4n) is 2.69. The Morgan fingerprint density at radius 3 is 2.37 bits per heavy atom. The summed E-state index contributed by atoms with van der Waals surface area (Å²) in [5, 5.41) is 13.0. The third-order valence-corrected chi connectivity index (χ3v) is 3.91. The van der Waals surface area contributed by atoms with E-state index < -0.39 is 0 Å². The summed E-state index contributed by atoms with van der Waals surface area (Å²) in [6.45, 7) is 2.66. The van der Waals surface area contributed by atoms with Crippen LogP contribution in [0.2, 0.25) is 0 Å². The van der Waals surface area contributed by atoms with E-state index >= 15 is 0 Å². The van der Waals surface area contributed by atoms with Crippen LogP contribution < -0.4 is 5.32 Å². The second kappa shape index (κ2) is 7.63. The lowest BCUT2D eigenvalue weighted by molar-refractivity contribution is 0.108. The third-order valence-electron chi connectivity index (χ3n) is 3.91. The van der Waals surface area contributed by atoms with Crippen molar-refractivity contribution in [3.05, 3.63) is 35.4 Å². The molecule has 1 saturated carbocycles. The van der Waals surface area contributed by atoms with E-state index in [1.807, 2.05) is 0 Å². The van der Waals surface area contributed by atoms with Crippen LogP contribution in [0.25, 0.3) is 0 Å². The largest absolute Gasteiger partial charge is 0.393 e. The molecule has 0 bridgehead atoms. The van der Waals surface area contributed by atoms with E-state index in [1.54, 1.807) is 7.11 Å². The van der Waals surface area contributed by atoms with Crippen LogP contribution >= 0.6 is 0 Å². The molecule has 3 nitrogen and oxygen atoms in total. The fraction of sp³-hybridized carbons (Fsp3) is 0.625. The maximum atomic E-state index is 9.47. The molecule has 1 fully saturated rings. The molecule has 2 N–H and O–H groups in total. The SMILES string of the molecule is COCc1ccc(CNCC2CCC(O)CC2)cc1. The topological polar surface area (TPSA) is 41.5 Å². The average molecular weight is 263 g/mol. The molecule has 2 rings (SSSR count). The first-order chi connectivity index (χ1) is 9.28. The molecule has 1 aliphatic carbocycles. The van der Waals surface area contributed by atoms with Crippen LogP contribution in [-0.2, 0) is 17.9 Å². The number of benzene rings is 1. The maximum absolute atomic E-state index is 9.47. The average Bonchev–Trinajstić information content (AvgIpc) is 2.43. The molecule has 1 aliphatic rings. The molecule has 1 aromatic rings. The highest BCUT2D eigenvalue weighted by molar-refractivity contribution is 5.21. The Labute approximate surface area is 116 Å². The summed E-state index contributed by atoms with van der Waals surface area (Å²) in [5.74, 6) is 0.733. The quantitative estimate of drug-likeness (QED) is 0.828. The Bertz CT molecular complexity index is 356. The van der Waals surface area contributed by atoms with E-state index in [9.17, 15) is 5.11 Å². The van der Waals surface area contributed by atoms with E-state index in [2.05, 4.69) is 29.6 Å². The van der Waals surface area contributed by atoms with Crippen molar-refractivity contribution < 1.29 is 9.84 Å². The summed E-state index contributed by atoms with van der Waals surface area (Å²) in [7, 11) is 1.72. The van der Waals surface area contributed by atoms with Gasteiger partial charge >= 0.3 is 0 Å². The van der Waals surface area contributed by atoms with Crippen LogP contribution in [0.15, 0.2) is 24.3 Å². The molecular formula is C16H25NO2. The number of nitrogens with one attached hydrogen (secondary N) is 1. The second-order valence-electron chi connectivity index (χ2n) is 5.55. The molecule has 0 unspecified atom stereocenters. The third kappa shape index (κ3) is 4.94. The Kier molecular flexibility index (Phi) is 5.83. The van der Waals surface area contributed by atoms with Crippen molar-refractivity contribution in [3.63, 3.8) is 0 Å². The van der Waals surface area contributed by atoms with E-state index in [-0.39, 0.29) is 6.10 Å². The van der Waals surface area contributed by atoms with Crippen molar-refractivity contribution in [3.8, 4) is 0 Å². The first kappa shape index (κ1) is 14.5. The van der Waals surface area contributed by atoms with Gasteiger partial charge in [0.15, 0.2) is 0 Å². The predicted octanol–water partition coefficient (Wildman–Crippen LogP) is 2.47. The monoisotopic (exact) mass is 263 g/mol. The van der Waals surface area contributed by atoms with Gasteiger partial charge in [-0.15, -0.1) is 0 Å². The van der Waals surface area contributed by atoms with Gasteiger partial charge in [0, 0.05) is 13.7 Å². The summed E-state index contributed by atoms with van der Waals surface area (Å²) >= 11 is 0. The molecule has 0 aromatic heterocycles. The molecule has 0 aliphatic heterocycles. The van der Waals surface area contributed by atoms with E-state index in [0.29, 0.717) is 6.61 Å². The van der Waals surface area contributed by atoms with Crippen molar-refractivity contribution in [2.45, 2.75) is 44.9 Å². The molecular weight excluding hydrogens is 238 g/mol. The van der Waals surface area contributed by atoms with Crippen molar-refractivity contribution in [1.29, 1.82) is 0 Å². The minimum Gasteiger partial charge on any atom is -0.393 e. The van der Waals surface area contributed by atoms with Crippen molar-refractivity contribution in [2.24, 2.45) is 5.92 Å². The number of methoxy groups -OCH3 is 1. The van der Waals surface area contributed by atoms with E-state index in [4.69, 9.17) is 4.74 Å². The summed E-state index contributed by atoms with van der Waals surface area (Å²) in [6, 6.07) is 8.56. The molecule has 3 heteroatoms. The Hall–Kier alpha value is -0.900. The maximum Gasteiger partial charge on any atom is 0.0713 e. The molecule has 0 radical (unpaired) electrons. The van der Waals surface area contributed by atoms with E-state index in [1.165, 1.54) is 11.1 Å². The molecule has 0 heterocycles. The summed E-state index contributed by atoms with van der Waals surface area (Å²) in [6.07, 6.45) is 4.20. The second-order valence-corrected chi connectivity index (χ2v) is 5.55.